The summed E-state index contributed by atoms with van der Waals surface area (Å²) in [6.45, 7) is 4.98. The Kier molecular flexibility index (Phi) is 3.39. The molecule has 3 rings (SSSR count). The summed E-state index contributed by atoms with van der Waals surface area (Å²) in [5, 5.41) is 10.2. The van der Waals surface area contributed by atoms with Crippen LogP contribution >= 0.6 is 11.8 Å². The van der Waals surface area contributed by atoms with E-state index in [0.717, 1.165) is 32.5 Å². The van der Waals surface area contributed by atoms with Gasteiger partial charge in [-0.05, 0) is 18.1 Å². The lowest BCUT2D eigenvalue weighted by atomic mass is 9.88. The molecule has 0 aromatic heterocycles. The maximum atomic E-state index is 10.2. The third-order valence-corrected chi connectivity index (χ3v) is 5.28. The largest absolute Gasteiger partial charge is 0.387 e. The van der Waals surface area contributed by atoms with E-state index in [1.54, 1.807) is 0 Å². The van der Waals surface area contributed by atoms with Gasteiger partial charge >= 0.3 is 0 Å². The third-order valence-electron chi connectivity index (χ3n) is 4.03. The van der Waals surface area contributed by atoms with Gasteiger partial charge in [0, 0.05) is 36.2 Å². The van der Waals surface area contributed by atoms with Crippen LogP contribution in [0.4, 0.5) is 0 Å². The van der Waals surface area contributed by atoms with Crippen molar-refractivity contribution in [1.29, 1.82) is 0 Å². The van der Waals surface area contributed by atoms with E-state index in [2.05, 4.69) is 36.1 Å². The van der Waals surface area contributed by atoms with Gasteiger partial charge in [0.1, 0.15) is 0 Å². The summed E-state index contributed by atoms with van der Waals surface area (Å²) in [7, 11) is 0. The van der Waals surface area contributed by atoms with E-state index in [-0.39, 0.29) is 5.60 Å². The predicted molar refractivity (Wildman–Crippen MR) is 76.2 cm³/mol. The van der Waals surface area contributed by atoms with Crippen molar-refractivity contribution in [2.45, 2.75) is 36.2 Å². The zero-order chi connectivity index (χ0) is 12.6. The lowest BCUT2D eigenvalue weighted by molar-refractivity contribution is -0.104. The van der Waals surface area contributed by atoms with Crippen molar-refractivity contribution < 1.29 is 5.11 Å². The van der Waals surface area contributed by atoms with Crippen LogP contribution in [0.2, 0.25) is 0 Å². The van der Waals surface area contributed by atoms with Crippen molar-refractivity contribution in [2.24, 2.45) is 0 Å². The minimum absolute atomic E-state index is 0.389. The minimum Gasteiger partial charge on any atom is -0.387 e. The molecule has 0 radical (unpaired) electrons. The molecule has 3 heteroatoms. The number of hydrogen-bond acceptors (Lipinski definition) is 3. The fourth-order valence-corrected chi connectivity index (χ4v) is 4.47. The Balaban J connectivity index is 1.57. The topological polar surface area (TPSA) is 23.5 Å². The second-order valence-electron chi connectivity index (χ2n) is 5.69. The standard InChI is InChI=1S/C15H21NOS/c1-2-7-15(17)10-16(11-15)8-12-9-18-14-6-4-3-5-13(12)14/h3-6,12,17H,2,7-11H2,1H3. The Morgan fingerprint density at radius 3 is 2.94 bits per heavy atom. The quantitative estimate of drug-likeness (QED) is 0.903. The summed E-state index contributed by atoms with van der Waals surface area (Å²) in [6.07, 6.45) is 2.02. The first-order chi connectivity index (χ1) is 8.70. The van der Waals surface area contributed by atoms with Gasteiger partial charge in [0.15, 0.2) is 0 Å². The SMILES string of the molecule is CCCC1(O)CN(CC2CSc3ccccc32)C1. The van der Waals surface area contributed by atoms with Crippen molar-refractivity contribution >= 4 is 11.8 Å². The van der Waals surface area contributed by atoms with Crippen molar-refractivity contribution in [3.8, 4) is 0 Å². The number of hydrogen-bond donors (Lipinski definition) is 1. The number of rotatable bonds is 4. The van der Waals surface area contributed by atoms with E-state index in [4.69, 9.17) is 0 Å². The molecule has 2 nitrogen and oxygen atoms in total. The molecule has 0 saturated carbocycles. The van der Waals surface area contributed by atoms with Gasteiger partial charge in [-0.15, -0.1) is 11.8 Å². The molecule has 2 aliphatic heterocycles. The first-order valence-corrected chi connectivity index (χ1v) is 7.85. The van der Waals surface area contributed by atoms with Crippen LogP contribution in [0.5, 0.6) is 0 Å². The highest BCUT2D eigenvalue weighted by atomic mass is 32.2. The lowest BCUT2D eigenvalue weighted by Gasteiger charge is -2.47. The van der Waals surface area contributed by atoms with Gasteiger partial charge in [-0.1, -0.05) is 31.5 Å². The number of benzene rings is 1. The molecule has 1 atom stereocenters. The Hall–Kier alpha value is -0.510. The molecule has 0 amide bonds. The molecule has 1 unspecified atom stereocenters. The Bertz CT molecular complexity index is 428. The van der Waals surface area contributed by atoms with Crippen molar-refractivity contribution in [2.75, 3.05) is 25.4 Å². The van der Waals surface area contributed by atoms with Crippen LogP contribution in [0.25, 0.3) is 0 Å². The average Bonchev–Trinajstić information content (AvgIpc) is 2.71. The summed E-state index contributed by atoms with van der Waals surface area (Å²) < 4.78 is 0. The van der Waals surface area contributed by atoms with Gasteiger partial charge in [0.05, 0.1) is 5.60 Å². The van der Waals surface area contributed by atoms with Crippen LogP contribution in [-0.2, 0) is 0 Å². The first kappa shape index (κ1) is 12.5. The van der Waals surface area contributed by atoms with Gasteiger partial charge in [0.25, 0.3) is 0 Å². The second-order valence-corrected chi connectivity index (χ2v) is 6.75. The normalized spacial score (nSPS) is 25.8. The first-order valence-electron chi connectivity index (χ1n) is 6.87. The number of aliphatic hydroxyl groups is 1. The molecule has 1 N–H and O–H groups in total. The molecular formula is C15H21NOS. The van der Waals surface area contributed by atoms with E-state index in [9.17, 15) is 5.11 Å². The van der Waals surface area contributed by atoms with Crippen LogP contribution in [0.1, 0.15) is 31.2 Å². The maximum Gasteiger partial charge on any atom is 0.0900 e. The minimum atomic E-state index is -0.389. The summed E-state index contributed by atoms with van der Waals surface area (Å²) in [6, 6.07) is 8.75. The van der Waals surface area contributed by atoms with Gasteiger partial charge in [-0.25, -0.2) is 0 Å². The molecule has 0 spiro atoms. The molecular weight excluding hydrogens is 242 g/mol. The molecule has 1 aromatic rings. The van der Waals surface area contributed by atoms with Crippen molar-refractivity contribution in [3.05, 3.63) is 29.8 Å². The summed E-state index contributed by atoms with van der Waals surface area (Å²) in [5.41, 5.74) is 1.12. The fourth-order valence-electron chi connectivity index (χ4n) is 3.23. The average molecular weight is 263 g/mol. The molecule has 18 heavy (non-hydrogen) atoms. The monoisotopic (exact) mass is 263 g/mol. The van der Waals surface area contributed by atoms with Crippen molar-refractivity contribution in [3.63, 3.8) is 0 Å². The fraction of sp³-hybridized carbons (Fsp3) is 0.600. The van der Waals surface area contributed by atoms with Crippen LogP contribution in [0, 0.1) is 0 Å². The molecule has 0 bridgehead atoms. The molecule has 2 heterocycles. The summed E-state index contributed by atoms with van der Waals surface area (Å²) >= 11 is 1.97. The number of β-amino-alcohol motifs (C(OH)–C–C–N with tert-alkyl or cyclic N) is 1. The number of fused-ring (bicyclic) bond motifs is 1. The predicted octanol–water partition coefficient (Wildman–Crippen LogP) is 2.72. The summed E-state index contributed by atoms with van der Waals surface area (Å²) in [5.74, 6) is 1.85. The highest BCUT2D eigenvalue weighted by Crippen LogP contribution is 2.40. The molecule has 2 aliphatic rings. The van der Waals surface area contributed by atoms with Crippen LogP contribution in [-0.4, -0.2) is 41.0 Å². The third kappa shape index (κ3) is 2.31. The Morgan fingerprint density at radius 1 is 1.39 bits per heavy atom. The van der Waals surface area contributed by atoms with Gasteiger partial charge in [-0.2, -0.15) is 0 Å². The molecule has 98 valence electrons. The Morgan fingerprint density at radius 2 is 2.17 bits per heavy atom. The zero-order valence-electron chi connectivity index (χ0n) is 10.9. The van der Waals surface area contributed by atoms with E-state index < -0.39 is 0 Å². The highest BCUT2D eigenvalue weighted by Gasteiger charge is 2.41. The number of thioether (sulfide) groups is 1. The van der Waals surface area contributed by atoms with Gasteiger partial charge in [0.2, 0.25) is 0 Å². The van der Waals surface area contributed by atoms with Crippen LogP contribution < -0.4 is 0 Å². The Labute approximate surface area is 113 Å². The van der Waals surface area contributed by atoms with E-state index in [1.165, 1.54) is 16.2 Å². The van der Waals surface area contributed by atoms with E-state index >= 15 is 0 Å². The molecule has 1 aromatic carbocycles. The lowest BCUT2D eigenvalue weighted by Crippen LogP contribution is -2.62. The molecule has 0 aliphatic carbocycles. The summed E-state index contributed by atoms with van der Waals surface area (Å²) in [4.78, 5) is 3.86. The van der Waals surface area contributed by atoms with Gasteiger partial charge in [-0.3, -0.25) is 4.90 Å². The highest BCUT2D eigenvalue weighted by molar-refractivity contribution is 7.99. The number of nitrogens with zero attached hydrogens (tertiary/aromatic N) is 1. The second kappa shape index (κ2) is 4.87. The maximum absolute atomic E-state index is 10.2. The molecule has 1 saturated heterocycles. The number of likely N-dealkylation sites (tertiary alicyclic amines) is 1. The van der Waals surface area contributed by atoms with Crippen molar-refractivity contribution in [1.82, 2.24) is 4.90 Å². The smallest absolute Gasteiger partial charge is 0.0900 e. The van der Waals surface area contributed by atoms with E-state index in [1.807, 2.05) is 11.8 Å². The van der Waals surface area contributed by atoms with Crippen LogP contribution in [0.3, 0.4) is 0 Å². The zero-order valence-corrected chi connectivity index (χ0v) is 11.7. The van der Waals surface area contributed by atoms with Gasteiger partial charge < -0.3 is 5.11 Å². The molecule has 1 fully saturated rings. The van der Waals surface area contributed by atoms with E-state index in [0.29, 0.717) is 5.92 Å². The van der Waals surface area contributed by atoms with Crippen LogP contribution in [0.15, 0.2) is 29.2 Å².